The molecular weight excluding hydrogens is 286 g/mol. The molecule has 0 aromatic heterocycles. The number of halogens is 2. The Morgan fingerprint density at radius 2 is 1.90 bits per heavy atom. The second-order valence-corrected chi connectivity index (χ2v) is 7.52. The second kappa shape index (κ2) is 5.99. The lowest BCUT2D eigenvalue weighted by Crippen LogP contribution is -2.25. The Morgan fingerprint density at radius 1 is 1.35 bits per heavy atom. The van der Waals surface area contributed by atoms with Gasteiger partial charge >= 0.3 is 5.97 Å². The van der Waals surface area contributed by atoms with Crippen LogP contribution in [-0.2, 0) is 17.2 Å². The third kappa shape index (κ3) is 3.23. The molecule has 0 unspecified atom stereocenters. The average molecular weight is 304 g/mol. The van der Waals surface area contributed by atoms with Crippen LogP contribution in [0.3, 0.4) is 0 Å². The van der Waals surface area contributed by atoms with Gasteiger partial charge in [0.05, 0.1) is 21.3 Å². The maximum Gasteiger partial charge on any atom is 0.336 e. The van der Waals surface area contributed by atoms with Gasteiger partial charge < -0.3 is 5.11 Å². The first-order valence-corrected chi connectivity index (χ1v) is 7.35. The third-order valence-electron chi connectivity index (χ3n) is 2.85. The Balaban J connectivity index is 3.70. The van der Waals surface area contributed by atoms with Crippen molar-refractivity contribution in [1.29, 1.82) is 0 Å². The molecule has 0 saturated carbocycles. The van der Waals surface area contributed by atoms with Crippen LogP contribution in [0, 0.1) is 0 Å². The number of carbonyl (C=O) groups is 1. The summed E-state index contributed by atoms with van der Waals surface area (Å²) >= 11 is 0. The van der Waals surface area contributed by atoms with Gasteiger partial charge in [-0.15, -0.1) is 0 Å². The topological polar surface area (TPSA) is 54.4 Å². The van der Waals surface area contributed by atoms with Crippen molar-refractivity contribution in [2.75, 3.05) is 0 Å². The summed E-state index contributed by atoms with van der Waals surface area (Å²) in [7, 11) is -1.71. The van der Waals surface area contributed by atoms with Crippen molar-refractivity contribution < 1.29 is 22.9 Å². The van der Waals surface area contributed by atoms with E-state index < -0.39 is 27.9 Å². The fourth-order valence-electron chi connectivity index (χ4n) is 1.89. The molecule has 20 heavy (non-hydrogen) atoms. The van der Waals surface area contributed by atoms with Gasteiger partial charge in [0.15, 0.2) is 0 Å². The van der Waals surface area contributed by atoms with Crippen LogP contribution in [0.25, 0.3) is 0 Å². The van der Waals surface area contributed by atoms with Gasteiger partial charge in [-0.1, -0.05) is 13.0 Å². The summed E-state index contributed by atoms with van der Waals surface area (Å²) in [6, 6.07) is 2.22. The van der Waals surface area contributed by atoms with Crippen molar-refractivity contribution in [2.24, 2.45) is 0 Å². The number of rotatable bonds is 4. The summed E-state index contributed by atoms with van der Waals surface area (Å²) in [6.45, 7) is 6.68. The first-order chi connectivity index (χ1) is 9.11. The third-order valence-corrected chi connectivity index (χ3v) is 4.82. The number of hydrogen-bond acceptors (Lipinski definition) is 2. The van der Waals surface area contributed by atoms with Crippen molar-refractivity contribution in [1.82, 2.24) is 0 Å². The number of aromatic carboxylic acids is 1. The van der Waals surface area contributed by atoms with Gasteiger partial charge in [0.1, 0.15) is 0 Å². The van der Waals surface area contributed by atoms with Gasteiger partial charge in [0.25, 0.3) is 6.43 Å². The summed E-state index contributed by atoms with van der Waals surface area (Å²) in [6.07, 6.45) is -2.55. The Bertz CT molecular complexity index is 548. The molecule has 0 radical (unpaired) electrons. The number of carboxylic acid groups (broad SMARTS) is 1. The predicted octanol–water partition coefficient (Wildman–Crippen LogP) is 3.79. The molecule has 1 N–H and O–H groups in total. The van der Waals surface area contributed by atoms with E-state index in [4.69, 9.17) is 5.11 Å². The lowest BCUT2D eigenvalue weighted by Gasteiger charge is -2.23. The van der Waals surface area contributed by atoms with Crippen LogP contribution in [0.4, 0.5) is 8.78 Å². The van der Waals surface area contributed by atoms with Crippen LogP contribution in [0.5, 0.6) is 0 Å². The molecule has 0 aliphatic rings. The minimum atomic E-state index is -2.79. The smallest absolute Gasteiger partial charge is 0.336 e. The maximum atomic E-state index is 13.1. The van der Waals surface area contributed by atoms with Crippen LogP contribution in [0.15, 0.2) is 17.0 Å². The SMILES string of the molecule is CCc1c(C(=O)O)ccc(C(F)F)c1[S@](=O)C(C)(C)C. The Morgan fingerprint density at radius 3 is 2.25 bits per heavy atom. The molecule has 0 spiro atoms. The van der Waals surface area contributed by atoms with E-state index >= 15 is 0 Å². The van der Waals surface area contributed by atoms with E-state index in [1.54, 1.807) is 27.7 Å². The normalized spacial score (nSPS) is 13.6. The molecule has 0 fully saturated rings. The second-order valence-electron chi connectivity index (χ2n) is 5.35. The zero-order valence-electron chi connectivity index (χ0n) is 11.9. The molecule has 0 amide bonds. The van der Waals surface area contributed by atoms with Crippen LogP contribution in [0.1, 0.15) is 55.6 Å². The lowest BCUT2D eigenvalue weighted by molar-refractivity contribution is 0.0694. The first kappa shape index (κ1) is 16.8. The van der Waals surface area contributed by atoms with Gasteiger partial charge in [-0.3, -0.25) is 4.21 Å². The van der Waals surface area contributed by atoms with Crippen molar-refractivity contribution in [3.05, 3.63) is 28.8 Å². The molecular formula is C14H18F2O3S. The molecule has 1 rings (SSSR count). The minimum absolute atomic E-state index is 0.0325. The molecule has 3 nitrogen and oxygen atoms in total. The van der Waals surface area contributed by atoms with Crippen molar-refractivity contribution in [2.45, 2.75) is 50.2 Å². The molecule has 0 bridgehead atoms. The number of carboxylic acids is 1. The largest absolute Gasteiger partial charge is 0.478 e. The van der Waals surface area contributed by atoms with Gasteiger partial charge in [-0.2, -0.15) is 0 Å². The molecule has 0 aliphatic carbocycles. The van der Waals surface area contributed by atoms with E-state index in [1.807, 2.05) is 0 Å². The summed E-state index contributed by atoms with van der Waals surface area (Å²) < 4.78 is 38.1. The van der Waals surface area contributed by atoms with E-state index in [9.17, 15) is 17.8 Å². The van der Waals surface area contributed by atoms with Gasteiger partial charge in [0, 0.05) is 10.3 Å². The molecule has 0 saturated heterocycles. The molecule has 6 heteroatoms. The number of benzene rings is 1. The van der Waals surface area contributed by atoms with Crippen LogP contribution in [-0.4, -0.2) is 20.0 Å². The summed E-state index contributed by atoms with van der Waals surface area (Å²) in [5.74, 6) is -1.20. The zero-order valence-corrected chi connectivity index (χ0v) is 12.7. The Labute approximate surface area is 119 Å². The van der Waals surface area contributed by atoms with Crippen LogP contribution in [0.2, 0.25) is 0 Å². The first-order valence-electron chi connectivity index (χ1n) is 6.20. The Kier molecular flexibility index (Phi) is 5.02. The van der Waals surface area contributed by atoms with Crippen LogP contribution < -0.4 is 0 Å². The van der Waals surface area contributed by atoms with Gasteiger partial charge in [-0.25, -0.2) is 13.6 Å². The molecule has 1 aromatic rings. The highest BCUT2D eigenvalue weighted by molar-refractivity contribution is 7.86. The summed E-state index contributed by atoms with van der Waals surface area (Å²) in [5, 5.41) is 9.15. The minimum Gasteiger partial charge on any atom is -0.478 e. The van der Waals surface area contributed by atoms with E-state index in [0.717, 1.165) is 12.1 Å². The molecule has 1 atom stereocenters. The fraction of sp³-hybridized carbons (Fsp3) is 0.500. The lowest BCUT2D eigenvalue weighted by atomic mass is 10.0. The van der Waals surface area contributed by atoms with E-state index in [2.05, 4.69) is 0 Å². The number of alkyl halides is 2. The molecule has 0 heterocycles. The molecule has 0 aliphatic heterocycles. The highest BCUT2D eigenvalue weighted by Crippen LogP contribution is 2.34. The van der Waals surface area contributed by atoms with Gasteiger partial charge in [-0.05, 0) is 38.8 Å². The quantitative estimate of drug-likeness (QED) is 0.920. The highest BCUT2D eigenvalue weighted by Gasteiger charge is 2.30. The average Bonchev–Trinajstić information content (AvgIpc) is 2.34. The standard InChI is InChI=1S/C14H18F2O3S/c1-5-8-9(13(17)18)6-7-10(12(15)16)11(8)20(19)14(2,3)4/h6-7,12H,5H2,1-4H3,(H,17,18)/t20-/m0/s1. The fourth-order valence-corrected chi connectivity index (χ4v) is 3.36. The number of hydrogen-bond donors (Lipinski definition) is 1. The zero-order chi connectivity index (χ0) is 15.7. The predicted molar refractivity (Wildman–Crippen MR) is 73.9 cm³/mol. The summed E-state index contributed by atoms with van der Waals surface area (Å²) in [4.78, 5) is 11.2. The molecule has 1 aromatic carbocycles. The monoisotopic (exact) mass is 304 g/mol. The van der Waals surface area contributed by atoms with Crippen molar-refractivity contribution in [3.8, 4) is 0 Å². The van der Waals surface area contributed by atoms with E-state index in [1.165, 1.54) is 0 Å². The van der Waals surface area contributed by atoms with Gasteiger partial charge in [0.2, 0.25) is 0 Å². The van der Waals surface area contributed by atoms with E-state index in [0.29, 0.717) is 0 Å². The van der Waals surface area contributed by atoms with Crippen molar-refractivity contribution in [3.63, 3.8) is 0 Å². The molecule has 112 valence electrons. The van der Waals surface area contributed by atoms with Crippen LogP contribution >= 0.6 is 0 Å². The van der Waals surface area contributed by atoms with Crippen molar-refractivity contribution >= 4 is 16.8 Å². The highest BCUT2D eigenvalue weighted by atomic mass is 32.2. The maximum absolute atomic E-state index is 13.1. The van der Waals surface area contributed by atoms with E-state index in [-0.39, 0.29) is 28.0 Å². The Hall–Kier alpha value is -1.30. The summed E-state index contributed by atoms with van der Waals surface area (Å²) in [5.41, 5.74) is -0.187.